The third-order valence-corrected chi connectivity index (χ3v) is 14.1. The molecule has 0 aromatic heterocycles. The van der Waals surface area contributed by atoms with E-state index in [1.54, 1.807) is 13.8 Å². The van der Waals surface area contributed by atoms with Crippen LogP contribution in [0.3, 0.4) is 0 Å². The van der Waals surface area contributed by atoms with Gasteiger partial charge in [0.05, 0.1) is 23.0 Å². The highest BCUT2D eigenvalue weighted by molar-refractivity contribution is 7.89. The predicted octanol–water partition coefficient (Wildman–Crippen LogP) is 5.38. The molecule has 0 amide bonds. The lowest BCUT2D eigenvalue weighted by atomic mass is 9.88. The van der Waals surface area contributed by atoms with Gasteiger partial charge in [-0.15, -0.1) is 0 Å². The van der Waals surface area contributed by atoms with Crippen molar-refractivity contribution in [1.29, 1.82) is 0 Å². The summed E-state index contributed by atoms with van der Waals surface area (Å²) in [5.41, 5.74) is 16.8. The molecule has 0 spiro atoms. The van der Waals surface area contributed by atoms with E-state index in [0.29, 0.717) is 47.9 Å². The van der Waals surface area contributed by atoms with E-state index in [1.165, 1.54) is 0 Å². The first kappa shape index (κ1) is 41.5. The summed E-state index contributed by atoms with van der Waals surface area (Å²) in [7, 11) is -8.19. The van der Waals surface area contributed by atoms with E-state index in [-0.39, 0.29) is 66.8 Å². The lowest BCUT2D eigenvalue weighted by Gasteiger charge is -2.36. The molecule has 0 atom stereocenters. The number of nitrogens with zero attached hydrogens (tertiary/aromatic N) is 2. The summed E-state index contributed by atoms with van der Waals surface area (Å²) in [6.07, 6.45) is 3.95. The van der Waals surface area contributed by atoms with Crippen LogP contribution in [0.1, 0.15) is 104 Å². The van der Waals surface area contributed by atoms with Crippen LogP contribution in [-0.2, 0) is 42.6 Å². The molecule has 2 aromatic carbocycles. The SMILES string of the molecule is Cc1c(C)c(S(=O)(=O)N(CCCN)OCCCON(CCCN)S(=O)(=O)c2c(C)c(C)c3c(c2C)CCC(C)(C)O3)c(C)c2c1OC(C)(C)CC2. The molecule has 2 heterocycles. The standard InChI is InChI=1S/C37H60N4O8S2/c1-24-26(3)34(28(5)30-14-16-36(7,8)48-32(24)30)50(42,43)40(20-11-18-38)46-22-13-23-47-41(21-12-19-39)51(44,45)35-27(4)25(2)33-31(29(35)6)15-17-37(9,10)49-33/h11-23,38-39H2,1-10H3. The van der Waals surface area contributed by atoms with Gasteiger partial charge in [0.1, 0.15) is 22.7 Å². The zero-order chi connectivity index (χ0) is 38.1. The zero-order valence-corrected chi connectivity index (χ0v) is 34.0. The Balaban J connectivity index is 1.53. The Morgan fingerprint density at radius 2 is 0.941 bits per heavy atom. The Kier molecular flexibility index (Phi) is 13.0. The number of hydrogen-bond donors (Lipinski definition) is 2. The molecule has 4 rings (SSSR count). The molecule has 51 heavy (non-hydrogen) atoms. The van der Waals surface area contributed by atoms with Crippen molar-refractivity contribution in [2.24, 2.45) is 11.5 Å². The molecule has 0 saturated heterocycles. The number of benzene rings is 2. The van der Waals surface area contributed by atoms with E-state index in [1.807, 2.05) is 55.4 Å². The monoisotopic (exact) mass is 752 g/mol. The summed E-state index contributed by atoms with van der Waals surface area (Å²) in [4.78, 5) is 12.3. The average Bonchev–Trinajstić information content (AvgIpc) is 3.04. The van der Waals surface area contributed by atoms with Crippen molar-refractivity contribution in [2.75, 3.05) is 39.4 Å². The van der Waals surface area contributed by atoms with Gasteiger partial charge in [0, 0.05) is 13.1 Å². The Labute approximate surface area is 306 Å². The van der Waals surface area contributed by atoms with Crippen LogP contribution < -0.4 is 20.9 Å². The van der Waals surface area contributed by atoms with E-state index >= 15 is 0 Å². The van der Waals surface area contributed by atoms with Crippen molar-refractivity contribution in [3.63, 3.8) is 0 Å². The minimum absolute atomic E-state index is 0.0307. The highest BCUT2D eigenvalue weighted by Gasteiger charge is 2.38. The fourth-order valence-corrected chi connectivity index (χ4v) is 10.7. The van der Waals surface area contributed by atoms with Gasteiger partial charge in [0.15, 0.2) is 0 Å². The Morgan fingerprint density at radius 1 is 0.588 bits per heavy atom. The maximum atomic E-state index is 14.2. The Hall–Kier alpha value is -2.30. The zero-order valence-electron chi connectivity index (χ0n) is 32.3. The molecule has 2 aliphatic heterocycles. The van der Waals surface area contributed by atoms with Crippen LogP contribution in [-0.4, -0.2) is 76.4 Å². The maximum absolute atomic E-state index is 14.2. The van der Waals surface area contributed by atoms with E-state index in [4.69, 9.17) is 30.6 Å². The summed E-state index contributed by atoms with van der Waals surface area (Å²) < 4.78 is 71.6. The number of ether oxygens (including phenoxy) is 2. The van der Waals surface area contributed by atoms with E-state index < -0.39 is 20.0 Å². The topological polar surface area (TPSA) is 164 Å². The van der Waals surface area contributed by atoms with Crippen LogP contribution in [0.15, 0.2) is 9.79 Å². The molecular formula is C37H60N4O8S2. The molecule has 0 unspecified atom stereocenters. The third-order valence-electron chi connectivity index (χ3n) is 10.2. The summed E-state index contributed by atoms with van der Waals surface area (Å²) >= 11 is 0. The lowest BCUT2D eigenvalue weighted by Crippen LogP contribution is -2.37. The Bertz CT molecular complexity index is 1690. The fraction of sp³-hybridized carbons (Fsp3) is 0.676. The smallest absolute Gasteiger partial charge is 0.265 e. The second-order valence-corrected chi connectivity index (χ2v) is 18.6. The number of fused-ring (bicyclic) bond motifs is 2. The molecule has 0 saturated carbocycles. The van der Waals surface area contributed by atoms with Gasteiger partial charge in [-0.05, 0) is 172 Å². The van der Waals surface area contributed by atoms with Gasteiger partial charge in [0.25, 0.3) is 20.0 Å². The molecule has 0 fully saturated rings. The molecule has 12 nitrogen and oxygen atoms in total. The van der Waals surface area contributed by atoms with Crippen LogP contribution in [0.25, 0.3) is 0 Å². The van der Waals surface area contributed by atoms with Gasteiger partial charge in [0.2, 0.25) is 0 Å². The number of rotatable bonds is 16. The normalized spacial score (nSPS) is 16.9. The van der Waals surface area contributed by atoms with Crippen molar-refractivity contribution < 1.29 is 36.0 Å². The first-order valence-electron chi connectivity index (χ1n) is 18.1. The van der Waals surface area contributed by atoms with Crippen molar-refractivity contribution in [3.8, 4) is 11.5 Å². The number of sulfonamides is 2. The quantitative estimate of drug-likeness (QED) is 0.168. The van der Waals surface area contributed by atoms with Crippen LogP contribution in [0.5, 0.6) is 11.5 Å². The van der Waals surface area contributed by atoms with Gasteiger partial charge < -0.3 is 20.9 Å². The Morgan fingerprint density at radius 3 is 1.27 bits per heavy atom. The number of nitrogens with two attached hydrogens (primary N) is 2. The highest BCUT2D eigenvalue weighted by atomic mass is 32.2. The number of hydrogen-bond acceptors (Lipinski definition) is 10. The molecule has 0 aliphatic carbocycles. The van der Waals surface area contributed by atoms with Crippen molar-refractivity contribution in [3.05, 3.63) is 44.5 Å². The van der Waals surface area contributed by atoms with Crippen molar-refractivity contribution in [1.82, 2.24) is 8.94 Å². The largest absolute Gasteiger partial charge is 0.487 e. The highest BCUT2D eigenvalue weighted by Crippen LogP contribution is 2.44. The minimum atomic E-state index is -4.09. The summed E-state index contributed by atoms with van der Waals surface area (Å²) in [6.45, 7) is 19.8. The molecule has 0 radical (unpaired) electrons. The van der Waals surface area contributed by atoms with E-state index in [2.05, 4.69) is 0 Å². The first-order chi connectivity index (χ1) is 23.7. The molecule has 4 N–H and O–H groups in total. The first-order valence-corrected chi connectivity index (χ1v) is 20.9. The molecule has 2 aromatic rings. The third kappa shape index (κ3) is 8.59. The van der Waals surface area contributed by atoms with Crippen LogP contribution in [0, 0.1) is 41.5 Å². The number of hydroxylamine groups is 2. The molecule has 2 aliphatic rings. The van der Waals surface area contributed by atoms with Crippen LogP contribution >= 0.6 is 0 Å². The minimum Gasteiger partial charge on any atom is -0.487 e. The van der Waals surface area contributed by atoms with Crippen LogP contribution in [0.2, 0.25) is 0 Å². The van der Waals surface area contributed by atoms with Gasteiger partial charge in [-0.2, -0.15) is 0 Å². The molecule has 0 bridgehead atoms. The van der Waals surface area contributed by atoms with E-state index in [0.717, 1.165) is 55.5 Å². The van der Waals surface area contributed by atoms with Gasteiger partial charge in [-0.25, -0.2) is 16.8 Å². The van der Waals surface area contributed by atoms with E-state index in [9.17, 15) is 16.8 Å². The second kappa shape index (κ2) is 16.0. The summed E-state index contributed by atoms with van der Waals surface area (Å²) in [5.74, 6) is 1.52. The molecule has 14 heteroatoms. The van der Waals surface area contributed by atoms with Gasteiger partial charge in [-0.3, -0.25) is 9.68 Å². The van der Waals surface area contributed by atoms with Crippen molar-refractivity contribution in [2.45, 2.75) is 135 Å². The maximum Gasteiger partial charge on any atom is 0.265 e. The second-order valence-electron chi connectivity index (χ2n) is 15.1. The molecular weight excluding hydrogens is 693 g/mol. The predicted molar refractivity (Wildman–Crippen MR) is 199 cm³/mol. The van der Waals surface area contributed by atoms with Gasteiger partial charge in [-0.1, -0.05) is 8.94 Å². The fourth-order valence-electron chi connectivity index (χ4n) is 7.01. The summed E-state index contributed by atoms with van der Waals surface area (Å²) in [5, 5.41) is 0. The van der Waals surface area contributed by atoms with Gasteiger partial charge >= 0.3 is 0 Å². The van der Waals surface area contributed by atoms with Crippen LogP contribution in [0.4, 0.5) is 0 Å². The molecule has 288 valence electrons. The lowest BCUT2D eigenvalue weighted by molar-refractivity contribution is -0.116. The van der Waals surface area contributed by atoms with Crippen molar-refractivity contribution >= 4 is 20.0 Å². The average molecular weight is 753 g/mol. The summed E-state index contributed by atoms with van der Waals surface area (Å²) in [6, 6.07) is 0.